The number of carbonyl (C=O) groups is 2. The quantitative estimate of drug-likeness (QED) is 0.316. The van der Waals surface area contributed by atoms with Crippen molar-refractivity contribution in [1.29, 1.82) is 0 Å². The van der Waals surface area contributed by atoms with Crippen LogP contribution in [0.5, 0.6) is 5.75 Å². The third-order valence-electron chi connectivity index (χ3n) is 5.85. The molecule has 1 N–H and O–H groups in total. The lowest BCUT2D eigenvalue weighted by molar-refractivity contribution is -0.134. The van der Waals surface area contributed by atoms with Crippen molar-refractivity contribution in [3.63, 3.8) is 0 Å². The number of hydrogen-bond acceptors (Lipinski definition) is 6. The number of methoxy groups -OCH3 is 1. The summed E-state index contributed by atoms with van der Waals surface area (Å²) in [5.74, 6) is 0.359. The fraction of sp³-hybridized carbons (Fsp3) is 0.300. The van der Waals surface area contributed by atoms with E-state index in [4.69, 9.17) is 13.9 Å². The molecule has 0 unspecified atom stereocenters. The Bertz CT molecular complexity index is 1380. The van der Waals surface area contributed by atoms with Gasteiger partial charge in [-0.1, -0.05) is 36.4 Å². The predicted molar refractivity (Wildman–Crippen MR) is 145 cm³/mol. The first-order chi connectivity index (χ1) is 18.2. The molecule has 0 radical (unpaired) electrons. The van der Waals surface area contributed by atoms with Gasteiger partial charge in [-0.25, -0.2) is 4.79 Å². The van der Waals surface area contributed by atoms with Crippen LogP contribution in [0.2, 0.25) is 0 Å². The van der Waals surface area contributed by atoms with Crippen LogP contribution in [0.1, 0.15) is 37.5 Å². The summed E-state index contributed by atoms with van der Waals surface area (Å²) in [6.45, 7) is 5.95. The van der Waals surface area contributed by atoms with E-state index in [2.05, 4.69) is 10.3 Å². The van der Waals surface area contributed by atoms with E-state index >= 15 is 0 Å². The van der Waals surface area contributed by atoms with Gasteiger partial charge in [0.1, 0.15) is 23.0 Å². The molecule has 8 nitrogen and oxygen atoms in total. The first kappa shape index (κ1) is 26.7. The number of amides is 2. The number of benzene rings is 2. The molecule has 38 heavy (non-hydrogen) atoms. The van der Waals surface area contributed by atoms with E-state index in [0.717, 1.165) is 27.7 Å². The molecule has 2 aromatic carbocycles. The molecule has 0 bridgehead atoms. The van der Waals surface area contributed by atoms with Crippen molar-refractivity contribution in [3.8, 4) is 5.75 Å². The number of rotatable bonds is 9. The number of aromatic nitrogens is 1. The normalized spacial score (nSPS) is 12.1. The van der Waals surface area contributed by atoms with E-state index in [0.29, 0.717) is 18.7 Å². The Balaban J connectivity index is 1.65. The summed E-state index contributed by atoms with van der Waals surface area (Å²) in [5, 5.41) is 3.76. The van der Waals surface area contributed by atoms with Crippen LogP contribution in [0.25, 0.3) is 11.0 Å². The van der Waals surface area contributed by atoms with Gasteiger partial charge in [0, 0.05) is 31.1 Å². The Morgan fingerprint density at radius 3 is 2.47 bits per heavy atom. The maximum atomic E-state index is 14.1. The fourth-order valence-corrected chi connectivity index (χ4v) is 4.15. The van der Waals surface area contributed by atoms with Gasteiger partial charge in [0.25, 0.3) is 0 Å². The van der Waals surface area contributed by atoms with Crippen LogP contribution in [0.4, 0.5) is 4.79 Å². The Morgan fingerprint density at radius 2 is 1.74 bits per heavy atom. The SMILES string of the molecule is COc1cncc(CN(Cc2ccc3occc3c2)C(=O)[C@@H](Cc2ccccc2)NC(=O)OC(C)(C)C)c1. The smallest absolute Gasteiger partial charge is 0.408 e. The van der Waals surface area contributed by atoms with Gasteiger partial charge in [0.05, 0.1) is 19.6 Å². The summed E-state index contributed by atoms with van der Waals surface area (Å²) >= 11 is 0. The molecule has 0 saturated heterocycles. The van der Waals surface area contributed by atoms with Crippen molar-refractivity contribution in [2.24, 2.45) is 0 Å². The topological polar surface area (TPSA) is 93.9 Å². The number of pyridine rings is 1. The van der Waals surface area contributed by atoms with E-state index in [1.54, 1.807) is 51.4 Å². The first-order valence-corrected chi connectivity index (χ1v) is 12.5. The standard InChI is InChI=1S/C30H33N3O5/c1-30(2,3)38-29(35)32-26(16-21-8-6-5-7-9-21)28(34)33(20-23-15-25(36-4)18-31-17-23)19-22-10-11-27-24(14-22)12-13-37-27/h5-15,17-18,26H,16,19-20H2,1-4H3,(H,32,35)/t26-/m1/s1. The summed E-state index contributed by atoms with van der Waals surface area (Å²) in [5.41, 5.74) is 2.73. The molecule has 4 aromatic rings. The molecular weight excluding hydrogens is 482 g/mol. The summed E-state index contributed by atoms with van der Waals surface area (Å²) in [7, 11) is 1.57. The van der Waals surface area contributed by atoms with E-state index < -0.39 is 17.7 Å². The number of nitrogens with one attached hydrogen (secondary N) is 1. The maximum absolute atomic E-state index is 14.1. The second-order valence-corrected chi connectivity index (χ2v) is 10.1. The minimum atomic E-state index is -0.844. The lowest BCUT2D eigenvalue weighted by Crippen LogP contribution is -2.50. The van der Waals surface area contributed by atoms with Crippen molar-refractivity contribution in [2.45, 2.75) is 51.9 Å². The zero-order valence-corrected chi connectivity index (χ0v) is 22.1. The van der Waals surface area contributed by atoms with Gasteiger partial charge in [-0.2, -0.15) is 0 Å². The van der Waals surface area contributed by atoms with Gasteiger partial charge in [-0.05, 0) is 61.7 Å². The summed E-state index contributed by atoms with van der Waals surface area (Å²) in [6.07, 6.45) is 4.63. The van der Waals surface area contributed by atoms with Gasteiger partial charge in [-0.3, -0.25) is 9.78 Å². The molecule has 0 aliphatic heterocycles. The molecule has 0 aliphatic carbocycles. The molecule has 0 saturated carbocycles. The van der Waals surface area contributed by atoms with Crippen molar-refractivity contribution in [1.82, 2.24) is 15.2 Å². The molecule has 4 rings (SSSR count). The molecule has 0 spiro atoms. The lowest BCUT2D eigenvalue weighted by Gasteiger charge is -2.29. The summed E-state index contributed by atoms with van der Waals surface area (Å²) in [4.78, 5) is 32.8. The van der Waals surface area contributed by atoms with Crippen LogP contribution in [-0.4, -0.2) is 40.6 Å². The highest BCUT2D eigenvalue weighted by Crippen LogP contribution is 2.21. The first-order valence-electron chi connectivity index (χ1n) is 12.5. The minimum Gasteiger partial charge on any atom is -0.495 e. The zero-order chi connectivity index (χ0) is 27.1. The number of alkyl carbamates (subject to hydrolysis) is 1. The zero-order valence-electron chi connectivity index (χ0n) is 22.1. The molecule has 1 atom stereocenters. The van der Waals surface area contributed by atoms with Gasteiger partial charge in [0.15, 0.2) is 0 Å². The Hall–Kier alpha value is -4.33. The monoisotopic (exact) mass is 515 g/mol. The van der Waals surface area contributed by atoms with Gasteiger partial charge < -0.3 is 24.1 Å². The fourth-order valence-electron chi connectivity index (χ4n) is 4.15. The molecule has 198 valence electrons. The summed E-state index contributed by atoms with van der Waals surface area (Å²) < 4.78 is 16.3. The Morgan fingerprint density at radius 1 is 0.974 bits per heavy atom. The number of ether oxygens (including phenoxy) is 2. The third kappa shape index (κ3) is 7.35. The average molecular weight is 516 g/mol. The second-order valence-electron chi connectivity index (χ2n) is 10.1. The number of carbonyl (C=O) groups excluding carboxylic acids is 2. The Kier molecular flexibility index (Phi) is 8.31. The lowest BCUT2D eigenvalue weighted by atomic mass is 10.0. The van der Waals surface area contributed by atoms with Crippen LogP contribution in [0, 0.1) is 0 Å². The van der Waals surface area contributed by atoms with Crippen molar-refractivity contribution < 1.29 is 23.5 Å². The molecule has 0 fully saturated rings. The van der Waals surface area contributed by atoms with Gasteiger partial charge >= 0.3 is 6.09 Å². The van der Waals surface area contributed by atoms with Crippen LogP contribution in [0.3, 0.4) is 0 Å². The van der Waals surface area contributed by atoms with Crippen LogP contribution in [0.15, 0.2) is 83.7 Å². The number of furan rings is 1. The Labute approximate surface area is 222 Å². The van der Waals surface area contributed by atoms with Crippen LogP contribution in [-0.2, 0) is 29.0 Å². The molecule has 2 heterocycles. The van der Waals surface area contributed by atoms with Crippen molar-refractivity contribution >= 4 is 23.0 Å². The summed E-state index contributed by atoms with van der Waals surface area (Å²) in [6, 6.07) is 18.3. The highest BCUT2D eigenvalue weighted by molar-refractivity contribution is 5.86. The minimum absolute atomic E-state index is 0.241. The van der Waals surface area contributed by atoms with E-state index in [9.17, 15) is 9.59 Å². The number of nitrogens with zero attached hydrogens (tertiary/aromatic N) is 2. The predicted octanol–water partition coefficient (Wildman–Crippen LogP) is 5.50. The molecule has 8 heteroatoms. The van der Waals surface area contributed by atoms with Crippen LogP contribution < -0.4 is 10.1 Å². The van der Waals surface area contributed by atoms with E-state index in [1.165, 1.54) is 0 Å². The van der Waals surface area contributed by atoms with Crippen molar-refractivity contribution in [3.05, 3.63) is 96.0 Å². The molecule has 2 aromatic heterocycles. The third-order valence-corrected chi connectivity index (χ3v) is 5.85. The van der Waals surface area contributed by atoms with Gasteiger partial charge in [-0.15, -0.1) is 0 Å². The second kappa shape index (κ2) is 11.8. The highest BCUT2D eigenvalue weighted by Gasteiger charge is 2.29. The highest BCUT2D eigenvalue weighted by atomic mass is 16.6. The van der Waals surface area contributed by atoms with Crippen molar-refractivity contribution in [2.75, 3.05) is 7.11 Å². The number of hydrogen-bond donors (Lipinski definition) is 1. The average Bonchev–Trinajstić information content (AvgIpc) is 3.35. The van der Waals surface area contributed by atoms with E-state index in [1.807, 2.05) is 60.7 Å². The molecule has 0 aliphatic rings. The molecule has 2 amide bonds. The number of fused-ring (bicyclic) bond motifs is 1. The maximum Gasteiger partial charge on any atom is 0.408 e. The molecular formula is C30H33N3O5. The van der Waals surface area contributed by atoms with Crippen LogP contribution >= 0.6 is 0 Å². The van der Waals surface area contributed by atoms with E-state index in [-0.39, 0.29) is 12.5 Å². The van der Waals surface area contributed by atoms with Gasteiger partial charge in [0.2, 0.25) is 5.91 Å². The largest absolute Gasteiger partial charge is 0.495 e.